The summed E-state index contributed by atoms with van der Waals surface area (Å²) in [5.74, 6) is 0.616. The van der Waals surface area contributed by atoms with Crippen LogP contribution in [0.5, 0.6) is 5.75 Å². The first-order valence-electron chi connectivity index (χ1n) is 8.69. The largest absolute Gasteiger partial charge is 0.497 e. The molecule has 1 saturated heterocycles. The molecule has 0 spiro atoms. The molecule has 2 N–H and O–H groups in total. The molecule has 1 fully saturated rings. The van der Waals surface area contributed by atoms with E-state index in [0.29, 0.717) is 23.3 Å². The number of aryl methyl sites for hydroxylation is 1. The Hall–Kier alpha value is -2.34. The number of ether oxygens (including phenoxy) is 1. The number of benzene rings is 1. The Labute approximate surface area is 146 Å². The van der Waals surface area contributed by atoms with Crippen molar-refractivity contribution in [3.05, 3.63) is 39.7 Å². The van der Waals surface area contributed by atoms with E-state index in [4.69, 9.17) is 9.15 Å². The van der Waals surface area contributed by atoms with Gasteiger partial charge in [0, 0.05) is 36.0 Å². The first kappa shape index (κ1) is 17.5. The molecule has 0 unspecified atom stereocenters. The van der Waals surface area contributed by atoms with Gasteiger partial charge in [-0.3, -0.25) is 4.79 Å². The molecule has 1 aliphatic rings. The van der Waals surface area contributed by atoms with Crippen molar-refractivity contribution in [2.45, 2.75) is 38.6 Å². The minimum Gasteiger partial charge on any atom is -0.497 e. The Morgan fingerprint density at radius 1 is 1.44 bits per heavy atom. The van der Waals surface area contributed by atoms with Gasteiger partial charge in [-0.1, -0.05) is 0 Å². The smallest absolute Gasteiger partial charge is 0.339 e. The van der Waals surface area contributed by atoms with Gasteiger partial charge >= 0.3 is 5.63 Å². The summed E-state index contributed by atoms with van der Waals surface area (Å²) in [4.78, 5) is 24.5. The minimum atomic E-state index is -0.384. The van der Waals surface area contributed by atoms with Gasteiger partial charge in [-0.25, -0.2) is 4.79 Å². The third-order valence-electron chi connectivity index (χ3n) is 4.76. The van der Waals surface area contributed by atoms with E-state index >= 15 is 0 Å². The summed E-state index contributed by atoms with van der Waals surface area (Å²) in [6.45, 7) is 3.71. The summed E-state index contributed by atoms with van der Waals surface area (Å²) in [6, 6.07) is 5.60. The van der Waals surface area contributed by atoms with Gasteiger partial charge in [-0.05, 0) is 50.4 Å². The van der Waals surface area contributed by atoms with Crippen LogP contribution in [0.25, 0.3) is 11.0 Å². The third kappa shape index (κ3) is 4.02. The lowest BCUT2D eigenvalue weighted by Crippen LogP contribution is -2.45. The van der Waals surface area contributed by atoms with Crippen LogP contribution >= 0.6 is 0 Å². The average Bonchev–Trinajstić information content (AvgIpc) is 2.61. The van der Waals surface area contributed by atoms with Crippen LogP contribution in [0.1, 0.15) is 30.4 Å². The Balaban J connectivity index is 1.72. The number of amides is 1. The molecule has 0 aliphatic carbocycles. The second kappa shape index (κ2) is 7.70. The van der Waals surface area contributed by atoms with Crippen LogP contribution in [0.3, 0.4) is 0 Å². The van der Waals surface area contributed by atoms with E-state index in [1.165, 1.54) is 0 Å². The van der Waals surface area contributed by atoms with Crippen molar-refractivity contribution in [2.75, 3.05) is 20.2 Å². The molecular formula is C19H24N2O4. The number of nitrogens with one attached hydrogen (secondary N) is 2. The molecule has 1 amide bonds. The van der Waals surface area contributed by atoms with Crippen molar-refractivity contribution in [1.82, 2.24) is 10.6 Å². The number of piperidine rings is 1. The molecule has 1 atom stereocenters. The summed E-state index contributed by atoms with van der Waals surface area (Å²) in [7, 11) is 1.57. The Morgan fingerprint density at radius 2 is 2.28 bits per heavy atom. The Morgan fingerprint density at radius 3 is 3.00 bits per heavy atom. The van der Waals surface area contributed by atoms with E-state index < -0.39 is 0 Å². The SMILES string of the molecule is COc1ccc2c(C)c(CCC(=O)N[C@H]3CCCNC3)c(=O)oc2c1. The van der Waals surface area contributed by atoms with Gasteiger partial charge in [0.05, 0.1) is 7.11 Å². The van der Waals surface area contributed by atoms with Gasteiger partial charge in [0.1, 0.15) is 11.3 Å². The molecule has 6 heteroatoms. The predicted octanol–water partition coefficient (Wildman–Crippen LogP) is 1.91. The lowest BCUT2D eigenvalue weighted by Gasteiger charge is -2.23. The van der Waals surface area contributed by atoms with Gasteiger partial charge in [-0.15, -0.1) is 0 Å². The first-order chi connectivity index (χ1) is 12.1. The topological polar surface area (TPSA) is 80.6 Å². The molecule has 1 aliphatic heterocycles. The third-order valence-corrected chi connectivity index (χ3v) is 4.76. The van der Waals surface area contributed by atoms with Crippen LogP contribution in [0, 0.1) is 6.92 Å². The standard InChI is InChI=1S/C19H24N2O4/c1-12-15-6-5-14(24-2)10-17(15)25-19(23)16(12)7-8-18(22)21-13-4-3-9-20-11-13/h5-6,10,13,20H,3-4,7-9,11H2,1-2H3,(H,21,22)/t13-/m0/s1. The first-order valence-corrected chi connectivity index (χ1v) is 8.69. The summed E-state index contributed by atoms with van der Waals surface area (Å²) in [5.41, 5.74) is 1.55. The lowest BCUT2D eigenvalue weighted by atomic mass is 10.0. The number of hydrogen-bond donors (Lipinski definition) is 2. The van der Waals surface area contributed by atoms with Crippen molar-refractivity contribution in [2.24, 2.45) is 0 Å². The fraction of sp³-hybridized carbons (Fsp3) is 0.474. The molecular weight excluding hydrogens is 320 g/mol. The molecule has 0 bridgehead atoms. The number of carbonyl (C=O) groups excluding carboxylic acids is 1. The Bertz CT molecular complexity index is 822. The number of methoxy groups -OCH3 is 1. The summed E-state index contributed by atoms with van der Waals surface area (Å²) >= 11 is 0. The van der Waals surface area contributed by atoms with Gasteiger partial charge in [0.25, 0.3) is 0 Å². The number of carbonyl (C=O) groups is 1. The van der Waals surface area contributed by atoms with E-state index in [2.05, 4.69) is 10.6 Å². The molecule has 1 aromatic carbocycles. The van der Waals surface area contributed by atoms with Crippen molar-refractivity contribution < 1.29 is 13.9 Å². The van der Waals surface area contributed by atoms with Crippen LogP contribution in [0.2, 0.25) is 0 Å². The highest BCUT2D eigenvalue weighted by atomic mass is 16.5. The quantitative estimate of drug-likeness (QED) is 0.810. The maximum atomic E-state index is 12.3. The minimum absolute atomic E-state index is 0.0256. The average molecular weight is 344 g/mol. The molecule has 0 saturated carbocycles. The molecule has 2 aromatic rings. The maximum Gasteiger partial charge on any atom is 0.339 e. The predicted molar refractivity (Wildman–Crippen MR) is 96.1 cm³/mol. The fourth-order valence-corrected chi connectivity index (χ4v) is 3.30. The lowest BCUT2D eigenvalue weighted by molar-refractivity contribution is -0.121. The molecule has 3 rings (SSSR count). The maximum absolute atomic E-state index is 12.3. The molecule has 1 aromatic heterocycles. The van der Waals surface area contributed by atoms with Crippen LogP contribution < -0.4 is 21.0 Å². The van der Waals surface area contributed by atoms with Crippen LogP contribution in [-0.4, -0.2) is 32.1 Å². The van der Waals surface area contributed by atoms with Crippen molar-refractivity contribution in [3.63, 3.8) is 0 Å². The zero-order chi connectivity index (χ0) is 17.8. The van der Waals surface area contributed by atoms with Crippen molar-refractivity contribution in [1.29, 1.82) is 0 Å². The summed E-state index contributed by atoms with van der Waals surface area (Å²) in [5, 5.41) is 7.17. The fourth-order valence-electron chi connectivity index (χ4n) is 3.30. The molecule has 6 nitrogen and oxygen atoms in total. The summed E-state index contributed by atoms with van der Waals surface area (Å²) in [6.07, 6.45) is 2.73. The molecule has 134 valence electrons. The van der Waals surface area contributed by atoms with Gasteiger partial charge in [0.15, 0.2) is 0 Å². The van der Waals surface area contributed by atoms with Crippen LogP contribution in [-0.2, 0) is 11.2 Å². The van der Waals surface area contributed by atoms with Crippen LogP contribution in [0.15, 0.2) is 27.4 Å². The van der Waals surface area contributed by atoms with Crippen molar-refractivity contribution >= 4 is 16.9 Å². The number of rotatable bonds is 5. The summed E-state index contributed by atoms with van der Waals surface area (Å²) < 4.78 is 10.6. The second-order valence-electron chi connectivity index (χ2n) is 6.47. The number of fused-ring (bicyclic) bond motifs is 1. The van der Waals surface area contributed by atoms with Crippen LogP contribution in [0.4, 0.5) is 0 Å². The number of hydrogen-bond acceptors (Lipinski definition) is 5. The van der Waals surface area contributed by atoms with E-state index in [1.54, 1.807) is 13.2 Å². The molecule has 25 heavy (non-hydrogen) atoms. The molecule has 2 heterocycles. The normalized spacial score (nSPS) is 17.4. The highest BCUT2D eigenvalue weighted by Gasteiger charge is 2.17. The van der Waals surface area contributed by atoms with E-state index in [9.17, 15) is 9.59 Å². The Kier molecular flexibility index (Phi) is 5.38. The monoisotopic (exact) mass is 344 g/mol. The zero-order valence-corrected chi connectivity index (χ0v) is 14.7. The highest BCUT2D eigenvalue weighted by molar-refractivity contribution is 5.82. The van der Waals surface area contributed by atoms with E-state index in [-0.39, 0.29) is 24.0 Å². The second-order valence-corrected chi connectivity index (χ2v) is 6.47. The van der Waals surface area contributed by atoms with Crippen molar-refractivity contribution in [3.8, 4) is 5.75 Å². The van der Waals surface area contributed by atoms with Gasteiger partial charge in [0.2, 0.25) is 5.91 Å². The van der Waals surface area contributed by atoms with Gasteiger partial charge < -0.3 is 19.8 Å². The molecule has 0 radical (unpaired) electrons. The zero-order valence-electron chi connectivity index (χ0n) is 14.7. The van der Waals surface area contributed by atoms with E-state index in [0.717, 1.165) is 36.9 Å². The van der Waals surface area contributed by atoms with E-state index in [1.807, 2.05) is 19.1 Å². The highest BCUT2D eigenvalue weighted by Crippen LogP contribution is 2.24. The van der Waals surface area contributed by atoms with Gasteiger partial charge in [-0.2, -0.15) is 0 Å².